The van der Waals surface area contributed by atoms with Gasteiger partial charge in [0.25, 0.3) is 8.41 Å². The first-order valence-corrected chi connectivity index (χ1v) is 26.3. The molecule has 0 amide bonds. The Balaban J connectivity index is 0.000000244. The van der Waals surface area contributed by atoms with Gasteiger partial charge in [-0.3, -0.25) is 4.98 Å². The number of imidazole rings is 1. The van der Waals surface area contributed by atoms with Crippen molar-refractivity contribution in [3.05, 3.63) is 192 Å². The number of hydrogen-bond donors (Lipinski definition) is 0. The molecule has 0 bridgehead atoms. The first-order valence-electron chi connectivity index (χ1n) is 22.6. The fourth-order valence-corrected chi connectivity index (χ4v) is 11.4. The topological polar surface area (TPSA) is 30.7 Å². The minimum Gasteiger partial charge on any atom is -0.333 e. The zero-order valence-corrected chi connectivity index (χ0v) is 43.3. The molecule has 0 saturated heterocycles. The van der Waals surface area contributed by atoms with E-state index in [1.807, 2.05) is 42.5 Å². The first-order chi connectivity index (χ1) is 31.6. The largest absolute Gasteiger partial charge is 0.333 e. The molecule has 3 aromatic heterocycles. The van der Waals surface area contributed by atoms with Gasteiger partial charge in [0.05, 0.1) is 16.9 Å². The van der Waals surface area contributed by atoms with Crippen molar-refractivity contribution in [2.75, 3.05) is 0 Å². The number of hydrogen-bond acceptors (Lipinski definition) is 3. The Labute approximate surface area is 412 Å². The van der Waals surface area contributed by atoms with Crippen LogP contribution in [0.15, 0.2) is 158 Å². The van der Waals surface area contributed by atoms with Crippen LogP contribution in [-0.2, 0) is 31.9 Å². The molecule has 3 nitrogen and oxygen atoms in total. The summed E-state index contributed by atoms with van der Waals surface area (Å²) in [6.07, 6.45) is 2.62. The maximum Gasteiger partial charge on any atom is 0.273 e. The third kappa shape index (κ3) is 9.91. The van der Waals surface area contributed by atoms with Crippen molar-refractivity contribution in [3.63, 3.8) is 0 Å². The van der Waals surface area contributed by atoms with Gasteiger partial charge in [0.1, 0.15) is 5.82 Å². The summed E-state index contributed by atoms with van der Waals surface area (Å²) in [4.78, 5) is 9.74. The number of nitrogens with zero attached hydrogens (tertiary/aromatic N) is 3. The summed E-state index contributed by atoms with van der Waals surface area (Å²) >= 11 is 1.77. The van der Waals surface area contributed by atoms with Crippen molar-refractivity contribution in [1.29, 1.82) is 0 Å². The summed E-state index contributed by atoms with van der Waals surface area (Å²) in [5, 5.41) is 3.26. The van der Waals surface area contributed by atoms with E-state index < -0.39 is 8.41 Å². The molecule has 0 fully saturated rings. The number of pyridine rings is 1. The monoisotopic (exact) mass is 1090 g/mol. The van der Waals surface area contributed by atoms with Gasteiger partial charge in [-0.25, -0.2) is 4.39 Å². The molecule has 0 aliphatic carbocycles. The second-order valence-corrected chi connectivity index (χ2v) is 23.6. The van der Waals surface area contributed by atoms with Crippen molar-refractivity contribution in [2.45, 2.75) is 66.5 Å². The van der Waals surface area contributed by atoms with Gasteiger partial charge >= 0.3 is 0 Å². The van der Waals surface area contributed by atoms with Crippen LogP contribution in [0, 0.1) is 30.8 Å². The third-order valence-corrected chi connectivity index (χ3v) is 15.0. The second-order valence-electron chi connectivity index (χ2n) is 19.1. The van der Waals surface area contributed by atoms with E-state index in [-0.39, 0.29) is 31.3 Å². The molecule has 0 unspecified atom stereocenters. The van der Waals surface area contributed by atoms with Crippen LogP contribution in [0.3, 0.4) is 0 Å². The summed E-state index contributed by atoms with van der Waals surface area (Å²) in [6, 6.07) is 57.9. The Morgan fingerprint density at radius 2 is 1.49 bits per heavy atom. The molecule has 339 valence electrons. The van der Waals surface area contributed by atoms with Crippen molar-refractivity contribution in [2.24, 2.45) is 5.92 Å². The van der Waals surface area contributed by atoms with Gasteiger partial charge in [-0.2, -0.15) is 11.3 Å². The summed E-state index contributed by atoms with van der Waals surface area (Å²) < 4.78 is 32.8. The van der Waals surface area contributed by atoms with Crippen molar-refractivity contribution in [1.82, 2.24) is 14.5 Å². The molecule has 1 radical (unpaired) electrons. The summed E-state index contributed by atoms with van der Waals surface area (Å²) in [5.41, 5.74) is 13.9. The van der Waals surface area contributed by atoms with Gasteiger partial charge in [-0.1, -0.05) is 137 Å². The first kappa shape index (κ1) is 47.6. The van der Waals surface area contributed by atoms with E-state index in [2.05, 4.69) is 160 Å². The Hall–Kier alpha value is -5.89. The van der Waals surface area contributed by atoms with E-state index in [9.17, 15) is 8.50 Å². The maximum atomic E-state index is 14.5. The number of aryl methyl sites for hydroxylation is 1. The zero-order valence-electron chi connectivity index (χ0n) is 39.1. The standard InChI is InChI=1S/C42H32FN2S.C17H21FNSi.Ir/c1-26-14-21-33(40-39(26)32-22-17-29(24-38(32)46-40)27-15-19-31(43)20-16-27)41-44-35-12-8-9-13-37(35)45(41)36-23-18-30(42(2,3)4)25-34(36)28-10-6-5-7-11-28;1-13(2)10-15-11-16(14-8-6-5-7-9-14)19-12-17(15)20(3,4)18;/h5-20,22-25H,1-4H3;5-8,11-13H,10H2,1-4H3;/q2*-1;. The number of benzene rings is 7. The minimum absolute atomic E-state index is 0. The van der Waals surface area contributed by atoms with E-state index in [0.717, 1.165) is 72.4 Å². The normalized spacial score (nSPS) is 11.8. The van der Waals surface area contributed by atoms with Gasteiger partial charge in [-0.05, 0) is 117 Å². The minimum atomic E-state index is -2.84. The molecule has 0 spiro atoms. The van der Waals surface area contributed by atoms with Gasteiger partial charge in [-0.15, -0.1) is 53.6 Å². The predicted octanol–water partition coefficient (Wildman–Crippen LogP) is 16.1. The molecular formula is C59H53F2IrN3SSi-2. The maximum absolute atomic E-state index is 14.5. The van der Waals surface area contributed by atoms with Crippen LogP contribution < -0.4 is 5.19 Å². The van der Waals surface area contributed by atoms with E-state index >= 15 is 0 Å². The summed E-state index contributed by atoms with van der Waals surface area (Å²) in [5.74, 6) is 1.14. The van der Waals surface area contributed by atoms with Crippen LogP contribution in [0.25, 0.3) is 81.8 Å². The molecule has 10 aromatic rings. The molecule has 67 heavy (non-hydrogen) atoms. The molecule has 0 N–H and O–H groups in total. The van der Waals surface area contributed by atoms with Gasteiger partial charge in [0, 0.05) is 42.3 Å². The number of para-hydroxylation sites is 2. The quantitative estimate of drug-likeness (QED) is 0.0862. The Morgan fingerprint density at radius 3 is 2.19 bits per heavy atom. The van der Waals surface area contributed by atoms with Gasteiger partial charge in [0.15, 0.2) is 0 Å². The van der Waals surface area contributed by atoms with E-state index in [1.54, 1.807) is 30.6 Å². The van der Waals surface area contributed by atoms with Crippen LogP contribution in [0.5, 0.6) is 0 Å². The van der Waals surface area contributed by atoms with Crippen LogP contribution in [0.1, 0.15) is 51.3 Å². The van der Waals surface area contributed by atoms with Crippen LogP contribution >= 0.6 is 11.3 Å². The van der Waals surface area contributed by atoms with Crippen LogP contribution in [-0.4, -0.2) is 22.9 Å². The summed E-state index contributed by atoms with van der Waals surface area (Å²) in [7, 11) is -2.84. The number of thiophene rings is 1. The number of fused-ring (bicyclic) bond motifs is 4. The summed E-state index contributed by atoms with van der Waals surface area (Å²) in [6.45, 7) is 16.7. The van der Waals surface area contributed by atoms with E-state index in [4.69, 9.17) is 4.98 Å². The molecule has 3 heterocycles. The Kier molecular flexibility index (Phi) is 13.8. The van der Waals surface area contributed by atoms with Crippen LogP contribution in [0.4, 0.5) is 8.50 Å². The average molecular weight is 1090 g/mol. The van der Waals surface area contributed by atoms with Gasteiger partial charge in [0.2, 0.25) is 0 Å². The van der Waals surface area contributed by atoms with Crippen LogP contribution in [0.2, 0.25) is 13.1 Å². The van der Waals surface area contributed by atoms with Crippen molar-refractivity contribution in [3.8, 4) is 50.6 Å². The predicted molar refractivity (Wildman–Crippen MR) is 278 cm³/mol. The molecule has 0 saturated carbocycles. The van der Waals surface area contributed by atoms with E-state index in [1.165, 1.54) is 49.9 Å². The number of halogens is 2. The zero-order chi connectivity index (χ0) is 46.3. The molecule has 8 heteroatoms. The smallest absolute Gasteiger partial charge is 0.273 e. The fourth-order valence-electron chi connectivity index (χ4n) is 8.80. The fraction of sp³-hybridized carbons (Fsp3) is 0.186. The molecular weight excluding hydrogens is 1040 g/mol. The molecule has 10 rings (SSSR count). The Morgan fingerprint density at radius 1 is 0.776 bits per heavy atom. The second kappa shape index (κ2) is 19.4. The molecule has 0 aliphatic rings. The molecule has 0 atom stereocenters. The average Bonchev–Trinajstić information content (AvgIpc) is 3.88. The van der Waals surface area contributed by atoms with E-state index in [0.29, 0.717) is 5.92 Å². The SMILES string of the molecule is CC(C)Cc1cc(-c2[c-]cccc2)ncc1[Si](C)(C)F.Cc1c[c-]c(-c2nc3ccccc3n2-c2ccc(C(C)(C)C)cc2-c2ccccc2)c2sc3cc(-c4ccc(F)cc4)ccc3c12.[Ir]. The van der Waals surface area contributed by atoms with Crippen molar-refractivity contribution < 1.29 is 28.6 Å². The number of aromatic nitrogens is 3. The van der Waals surface area contributed by atoms with Gasteiger partial charge < -0.3 is 13.7 Å². The molecule has 0 aliphatic heterocycles. The van der Waals surface area contributed by atoms with Crippen molar-refractivity contribution >= 4 is 56.1 Å². The molecule has 7 aromatic carbocycles. The third-order valence-electron chi connectivity index (χ3n) is 12.1. The number of rotatable bonds is 8. The Bertz CT molecular complexity index is 3350.